The summed E-state index contributed by atoms with van der Waals surface area (Å²) >= 11 is 6.25. The van der Waals surface area contributed by atoms with Crippen LogP contribution in [0.2, 0.25) is 5.02 Å². The Morgan fingerprint density at radius 2 is 2.00 bits per heavy atom. The Morgan fingerprint density at radius 1 is 1.35 bits per heavy atom. The average Bonchev–Trinajstić information content (AvgIpc) is 2.48. The fraction of sp³-hybridized carbons (Fsp3) is 0.533. The number of non-ortho nitro benzene ring substituents is 1. The number of hydrogen-bond acceptors (Lipinski definition) is 5. The molecule has 2 rings (SSSR count). The topological polar surface area (TPSA) is 78.7 Å². The van der Waals surface area contributed by atoms with Crippen molar-refractivity contribution in [3.8, 4) is 0 Å². The van der Waals surface area contributed by atoms with Crippen molar-refractivity contribution in [3.05, 3.63) is 32.8 Å². The molecule has 23 heavy (non-hydrogen) atoms. The SMILES string of the molecule is CCNC(=O)CN1CCN(c2c(C)cc([N+](=O)[O-])cc2Cl)CC1. The fourth-order valence-electron chi connectivity index (χ4n) is 2.81. The number of carbonyl (C=O) groups is 1. The Bertz CT molecular complexity index is 577. The van der Waals surface area contributed by atoms with Crippen LogP contribution in [-0.4, -0.2) is 55.0 Å². The van der Waals surface area contributed by atoms with Crippen molar-refractivity contribution >= 4 is 28.9 Å². The average molecular weight is 341 g/mol. The number of carbonyl (C=O) groups excluding carboxylic acids is 1. The first kappa shape index (κ1) is 17.5. The third-order valence-corrected chi connectivity index (χ3v) is 4.17. The minimum absolute atomic E-state index is 0.00567. The normalized spacial score (nSPS) is 15.5. The van der Waals surface area contributed by atoms with Crippen molar-refractivity contribution in [2.24, 2.45) is 0 Å². The molecule has 126 valence electrons. The van der Waals surface area contributed by atoms with E-state index in [0.29, 0.717) is 18.1 Å². The number of rotatable bonds is 5. The van der Waals surface area contributed by atoms with Crippen LogP contribution in [0.15, 0.2) is 12.1 Å². The summed E-state index contributed by atoms with van der Waals surface area (Å²) in [5.41, 5.74) is 1.64. The third kappa shape index (κ3) is 4.33. The molecule has 0 unspecified atom stereocenters. The number of amides is 1. The molecule has 0 atom stereocenters. The minimum atomic E-state index is -0.438. The number of piperazine rings is 1. The van der Waals surface area contributed by atoms with Crippen LogP contribution in [0, 0.1) is 17.0 Å². The van der Waals surface area contributed by atoms with Gasteiger partial charge in [0.2, 0.25) is 5.91 Å². The highest BCUT2D eigenvalue weighted by atomic mass is 35.5. The molecule has 1 fully saturated rings. The van der Waals surface area contributed by atoms with E-state index in [2.05, 4.69) is 15.1 Å². The van der Waals surface area contributed by atoms with Crippen LogP contribution < -0.4 is 10.2 Å². The van der Waals surface area contributed by atoms with Crippen molar-refractivity contribution in [1.82, 2.24) is 10.2 Å². The molecule has 0 aromatic heterocycles. The highest BCUT2D eigenvalue weighted by Gasteiger charge is 2.23. The number of benzene rings is 1. The molecule has 1 aromatic rings. The monoisotopic (exact) mass is 340 g/mol. The van der Waals surface area contributed by atoms with Gasteiger partial charge in [-0.2, -0.15) is 0 Å². The lowest BCUT2D eigenvalue weighted by Crippen LogP contribution is -2.49. The second-order valence-corrected chi connectivity index (χ2v) is 5.97. The van der Waals surface area contributed by atoms with E-state index in [1.165, 1.54) is 6.07 Å². The van der Waals surface area contributed by atoms with Gasteiger partial charge in [0, 0.05) is 44.9 Å². The molecule has 1 amide bonds. The molecule has 1 heterocycles. The Kier molecular flexibility index (Phi) is 5.79. The van der Waals surface area contributed by atoms with Crippen LogP contribution in [0.4, 0.5) is 11.4 Å². The van der Waals surface area contributed by atoms with Gasteiger partial charge < -0.3 is 10.2 Å². The molecular formula is C15H21ClN4O3. The largest absolute Gasteiger partial charge is 0.368 e. The number of nitro benzene ring substituents is 1. The molecule has 7 nitrogen and oxygen atoms in total. The number of likely N-dealkylation sites (N-methyl/N-ethyl adjacent to an activating group) is 1. The van der Waals surface area contributed by atoms with Gasteiger partial charge in [-0.1, -0.05) is 11.6 Å². The smallest absolute Gasteiger partial charge is 0.271 e. The van der Waals surface area contributed by atoms with Gasteiger partial charge in [0.1, 0.15) is 0 Å². The maximum absolute atomic E-state index is 11.6. The van der Waals surface area contributed by atoms with Gasteiger partial charge in [-0.25, -0.2) is 0 Å². The van der Waals surface area contributed by atoms with Crippen LogP contribution >= 0.6 is 11.6 Å². The Hall–Kier alpha value is -1.86. The van der Waals surface area contributed by atoms with Crippen LogP contribution in [0.3, 0.4) is 0 Å². The molecule has 0 bridgehead atoms. The van der Waals surface area contributed by atoms with Crippen LogP contribution in [0.5, 0.6) is 0 Å². The Balaban J connectivity index is 2.03. The summed E-state index contributed by atoms with van der Waals surface area (Å²) in [4.78, 5) is 26.3. The highest BCUT2D eigenvalue weighted by Crippen LogP contribution is 2.34. The maximum Gasteiger partial charge on any atom is 0.271 e. The summed E-state index contributed by atoms with van der Waals surface area (Å²) in [5.74, 6) is 0.0329. The summed E-state index contributed by atoms with van der Waals surface area (Å²) in [6.07, 6.45) is 0. The van der Waals surface area contributed by atoms with Gasteiger partial charge in [0.25, 0.3) is 5.69 Å². The number of anilines is 1. The predicted octanol–water partition coefficient (Wildman–Crippen LogP) is 1.81. The molecule has 8 heteroatoms. The van der Waals surface area contributed by atoms with E-state index in [1.807, 2.05) is 13.8 Å². The van der Waals surface area contributed by atoms with Gasteiger partial charge in [0.15, 0.2) is 0 Å². The quantitative estimate of drug-likeness (QED) is 0.653. The number of nitrogens with zero attached hydrogens (tertiary/aromatic N) is 3. The van der Waals surface area contributed by atoms with Crippen LogP contribution in [0.25, 0.3) is 0 Å². The highest BCUT2D eigenvalue weighted by molar-refractivity contribution is 6.33. The zero-order valence-electron chi connectivity index (χ0n) is 13.3. The van der Waals surface area contributed by atoms with Crippen molar-refractivity contribution < 1.29 is 9.72 Å². The fourth-order valence-corrected chi connectivity index (χ4v) is 3.19. The molecule has 0 saturated carbocycles. The molecule has 1 aliphatic heterocycles. The number of aryl methyl sites for hydroxylation is 1. The molecule has 0 aliphatic carbocycles. The number of halogens is 1. The lowest BCUT2D eigenvalue weighted by Gasteiger charge is -2.36. The van der Waals surface area contributed by atoms with Gasteiger partial charge in [-0.15, -0.1) is 0 Å². The summed E-state index contributed by atoms with van der Waals surface area (Å²) < 4.78 is 0. The van der Waals surface area contributed by atoms with E-state index in [1.54, 1.807) is 6.07 Å². The van der Waals surface area contributed by atoms with Gasteiger partial charge in [-0.3, -0.25) is 19.8 Å². The van der Waals surface area contributed by atoms with E-state index < -0.39 is 4.92 Å². The standard InChI is InChI=1S/C15H21ClN4O3/c1-3-17-14(21)10-18-4-6-19(7-5-18)15-11(2)8-12(20(22)23)9-13(15)16/h8-9H,3-7,10H2,1-2H3,(H,17,21). The molecule has 1 aromatic carbocycles. The summed E-state index contributed by atoms with van der Waals surface area (Å²) in [7, 11) is 0. The number of nitro groups is 1. The third-order valence-electron chi connectivity index (χ3n) is 3.88. The first-order valence-corrected chi connectivity index (χ1v) is 7.98. The van der Waals surface area contributed by atoms with E-state index in [4.69, 9.17) is 11.6 Å². The molecule has 1 aliphatic rings. The van der Waals surface area contributed by atoms with Crippen molar-refractivity contribution in [2.75, 3.05) is 44.2 Å². The molecule has 1 N–H and O–H groups in total. The van der Waals surface area contributed by atoms with E-state index in [0.717, 1.165) is 37.4 Å². The number of nitrogens with one attached hydrogen (secondary N) is 1. The zero-order chi connectivity index (χ0) is 17.0. The second-order valence-electron chi connectivity index (χ2n) is 5.57. The molecule has 0 radical (unpaired) electrons. The Morgan fingerprint density at radius 3 is 2.52 bits per heavy atom. The summed E-state index contributed by atoms with van der Waals surface area (Å²) in [6.45, 7) is 7.73. The van der Waals surface area contributed by atoms with E-state index in [-0.39, 0.29) is 11.6 Å². The van der Waals surface area contributed by atoms with Crippen molar-refractivity contribution in [1.29, 1.82) is 0 Å². The second kappa shape index (κ2) is 7.61. The van der Waals surface area contributed by atoms with Gasteiger partial charge in [0.05, 0.1) is 22.2 Å². The first-order valence-electron chi connectivity index (χ1n) is 7.61. The number of hydrogen-bond donors (Lipinski definition) is 1. The molecule has 1 saturated heterocycles. The molecule has 0 spiro atoms. The van der Waals surface area contributed by atoms with Gasteiger partial charge >= 0.3 is 0 Å². The minimum Gasteiger partial charge on any atom is -0.368 e. The summed E-state index contributed by atoms with van der Waals surface area (Å²) in [6, 6.07) is 2.94. The zero-order valence-corrected chi connectivity index (χ0v) is 14.1. The van der Waals surface area contributed by atoms with E-state index >= 15 is 0 Å². The van der Waals surface area contributed by atoms with Gasteiger partial charge in [-0.05, 0) is 19.4 Å². The lowest BCUT2D eigenvalue weighted by atomic mass is 10.1. The predicted molar refractivity (Wildman–Crippen MR) is 90.2 cm³/mol. The Labute approximate surface area is 140 Å². The van der Waals surface area contributed by atoms with Crippen molar-refractivity contribution in [2.45, 2.75) is 13.8 Å². The van der Waals surface area contributed by atoms with Crippen molar-refractivity contribution in [3.63, 3.8) is 0 Å². The van der Waals surface area contributed by atoms with Crippen LogP contribution in [-0.2, 0) is 4.79 Å². The summed E-state index contributed by atoms with van der Waals surface area (Å²) in [5, 5.41) is 14.1. The lowest BCUT2D eigenvalue weighted by molar-refractivity contribution is -0.384. The van der Waals surface area contributed by atoms with E-state index in [9.17, 15) is 14.9 Å². The first-order chi connectivity index (χ1) is 10.9. The van der Waals surface area contributed by atoms with Crippen LogP contribution in [0.1, 0.15) is 12.5 Å². The maximum atomic E-state index is 11.6. The molecular weight excluding hydrogens is 320 g/mol.